The first-order valence-corrected chi connectivity index (χ1v) is 9.13. The van der Waals surface area contributed by atoms with Crippen LogP contribution in [-0.4, -0.2) is 12.6 Å². The van der Waals surface area contributed by atoms with Crippen molar-refractivity contribution in [3.8, 4) is 0 Å². The third-order valence-electron chi connectivity index (χ3n) is 5.49. The van der Waals surface area contributed by atoms with Crippen LogP contribution in [0.1, 0.15) is 59.4 Å². The third kappa shape index (κ3) is 5.12. The summed E-state index contributed by atoms with van der Waals surface area (Å²) in [6.45, 7) is 13.0. The lowest BCUT2D eigenvalue weighted by molar-refractivity contribution is 0.0962. The summed E-state index contributed by atoms with van der Waals surface area (Å²) in [5, 5.41) is 3.68. The number of rotatable bonds is 5. The molecule has 1 aliphatic rings. The van der Waals surface area contributed by atoms with Gasteiger partial charge in [0, 0.05) is 6.04 Å². The molecule has 1 nitrogen and oxygen atoms in total. The summed E-state index contributed by atoms with van der Waals surface area (Å²) >= 11 is 0. The second kappa shape index (κ2) is 7.64. The lowest BCUT2D eigenvalue weighted by Crippen LogP contribution is -2.39. The van der Waals surface area contributed by atoms with Crippen molar-refractivity contribution in [2.24, 2.45) is 23.2 Å². The second-order valence-corrected chi connectivity index (χ2v) is 8.65. The van der Waals surface area contributed by atoms with Crippen LogP contribution in [0.25, 0.3) is 0 Å². The summed E-state index contributed by atoms with van der Waals surface area (Å²) in [4.78, 5) is 0. The first-order valence-electron chi connectivity index (χ1n) is 9.13. The molecule has 2 rings (SSSR count). The molecule has 0 saturated heterocycles. The van der Waals surface area contributed by atoms with Crippen LogP contribution >= 0.6 is 0 Å². The van der Waals surface area contributed by atoms with E-state index in [0.717, 1.165) is 17.8 Å². The Hall–Kier alpha value is -0.820. The monoisotopic (exact) mass is 301 g/mol. The minimum Gasteiger partial charge on any atom is -0.314 e. The standard InChI is InChI=1S/C21H35N/c1-16(2)22-15-18-11-12-20(21(3,4)5)14-19(18)13-17-9-7-6-8-10-17/h6-10,16,18-20,22H,11-15H2,1-5H3. The largest absolute Gasteiger partial charge is 0.314 e. The van der Waals surface area contributed by atoms with Gasteiger partial charge >= 0.3 is 0 Å². The fourth-order valence-corrected chi connectivity index (χ4v) is 3.94. The molecule has 0 aromatic heterocycles. The molecule has 0 amide bonds. The summed E-state index contributed by atoms with van der Waals surface area (Å²) < 4.78 is 0. The van der Waals surface area contributed by atoms with Crippen LogP contribution in [0.5, 0.6) is 0 Å². The Bertz CT molecular complexity index is 429. The van der Waals surface area contributed by atoms with Crippen molar-refractivity contribution in [1.82, 2.24) is 5.32 Å². The summed E-state index contributed by atoms with van der Waals surface area (Å²) in [5.74, 6) is 2.53. The first kappa shape index (κ1) is 17.5. The van der Waals surface area contributed by atoms with E-state index >= 15 is 0 Å². The van der Waals surface area contributed by atoms with Gasteiger partial charge in [-0.15, -0.1) is 0 Å². The van der Waals surface area contributed by atoms with Crippen LogP contribution in [-0.2, 0) is 6.42 Å². The highest BCUT2D eigenvalue weighted by atomic mass is 14.9. The minimum atomic E-state index is 0.450. The van der Waals surface area contributed by atoms with Crippen molar-refractivity contribution in [3.05, 3.63) is 35.9 Å². The number of benzene rings is 1. The summed E-state index contributed by atoms with van der Waals surface area (Å²) in [7, 11) is 0. The van der Waals surface area contributed by atoms with E-state index in [0.29, 0.717) is 11.5 Å². The maximum atomic E-state index is 3.68. The Morgan fingerprint density at radius 3 is 2.32 bits per heavy atom. The van der Waals surface area contributed by atoms with Crippen LogP contribution in [0.4, 0.5) is 0 Å². The van der Waals surface area contributed by atoms with Gasteiger partial charge in [-0.3, -0.25) is 0 Å². The Morgan fingerprint density at radius 1 is 1.05 bits per heavy atom. The van der Waals surface area contributed by atoms with Gasteiger partial charge in [0.2, 0.25) is 0 Å². The average molecular weight is 302 g/mol. The van der Waals surface area contributed by atoms with E-state index in [1.807, 2.05) is 0 Å². The molecule has 124 valence electrons. The quantitative estimate of drug-likeness (QED) is 0.777. The molecule has 1 aromatic rings. The topological polar surface area (TPSA) is 12.0 Å². The van der Waals surface area contributed by atoms with Crippen LogP contribution in [0.3, 0.4) is 0 Å². The number of hydrogen-bond acceptors (Lipinski definition) is 1. The van der Waals surface area contributed by atoms with Crippen molar-refractivity contribution in [2.75, 3.05) is 6.54 Å². The molecule has 0 bridgehead atoms. The van der Waals surface area contributed by atoms with Gasteiger partial charge in [-0.2, -0.15) is 0 Å². The van der Waals surface area contributed by atoms with E-state index in [1.54, 1.807) is 0 Å². The molecule has 0 aliphatic heterocycles. The number of nitrogens with one attached hydrogen (secondary N) is 1. The Morgan fingerprint density at radius 2 is 1.73 bits per heavy atom. The van der Waals surface area contributed by atoms with E-state index in [9.17, 15) is 0 Å². The first-order chi connectivity index (χ1) is 10.4. The smallest absolute Gasteiger partial charge is 0.00104 e. The van der Waals surface area contributed by atoms with Crippen molar-refractivity contribution in [2.45, 2.75) is 66.3 Å². The zero-order chi connectivity index (χ0) is 16.2. The van der Waals surface area contributed by atoms with Crippen molar-refractivity contribution >= 4 is 0 Å². The normalized spacial score (nSPS) is 26.4. The van der Waals surface area contributed by atoms with E-state index in [2.05, 4.69) is 70.3 Å². The lowest BCUT2D eigenvalue weighted by Gasteiger charge is -2.42. The zero-order valence-corrected chi connectivity index (χ0v) is 15.2. The van der Waals surface area contributed by atoms with Crippen LogP contribution in [0, 0.1) is 23.2 Å². The maximum Gasteiger partial charge on any atom is 0.00104 e. The highest BCUT2D eigenvalue weighted by molar-refractivity contribution is 5.15. The molecule has 3 unspecified atom stereocenters. The van der Waals surface area contributed by atoms with Gasteiger partial charge in [-0.1, -0.05) is 65.0 Å². The highest BCUT2D eigenvalue weighted by Crippen LogP contribution is 2.43. The Balaban J connectivity index is 2.05. The van der Waals surface area contributed by atoms with Gasteiger partial charge in [-0.05, 0) is 61.0 Å². The maximum absolute atomic E-state index is 3.68. The van der Waals surface area contributed by atoms with Crippen molar-refractivity contribution < 1.29 is 0 Å². The summed E-state index contributed by atoms with van der Waals surface area (Å²) in [6.07, 6.45) is 5.43. The molecular weight excluding hydrogens is 266 g/mol. The van der Waals surface area contributed by atoms with E-state index in [4.69, 9.17) is 0 Å². The second-order valence-electron chi connectivity index (χ2n) is 8.65. The minimum absolute atomic E-state index is 0.450. The molecule has 1 heteroatoms. The van der Waals surface area contributed by atoms with Crippen LogP contribution < -0.4 is 5.32 Å². The molecule has 1 aliphatic carbocycles. The molecule has 1 N–H and O–H groups in total. The predicted octanol–water partition coefficient (Wildman–Crippen LogP) is 5.31. The molecular formula is C21H35N. The van der Waals surface area contributed by atoms with Gasteiger partial charge in [0.1, 0.15) is 0 Å². The number of hydrogen-bond donors (Lipinski definition) is 1. The molecule has 3 atom stereocenters. The zero-order valence-electron chi connectivity index (χ0n) is 15.2. The van der Waals surface area contributed by atoms with Crippen LogP contribution in [0.15, 0.2) is 30.3 Å². The van der Waals surface area contributed by atoms with E-state index < -0.39 is 0 Å². The molecule has 0 radical (unpaired) electrons. The van der Waals surface area contributed by atoms with Crippen LogP contribution in [0.2, 0.25) is 0 Å². The molecule has 0 heterocycles. The van der Waals surface area contributed by atoms with Gasteiger partial charge in [0.15, 0.2) is 0 Å². The van der Waals surface area contributed by atoms with Crippen molar-refractivity contribution in [1.29, 1.82) is 0 Å². The van der Waals surface area contributed by atoms with E-state index in [1.165, 1.54) is 37.8 Å². The Kier molecular flexibility index (Phi) is 6.09. The lowest BCUT2D eigenvalue weighted by atomic mass is 9.64. The fraction of sp³-hybridized carbons (Fsp3) is 0.714. The molecule has 1 fully saturated rings. The van der Waals surface area contributed by atoms with Gasteiger partial charge < -0.3 is 5.32 Å². The summed E-state index contributed by atoms with van der Waals surface area (Å²) in [6, 6.07) is 11.7. The Labute approximate surface area is 137 Å². The van der Waals surface area contributed by atoms with Gasteiger partial charge in [0.25, 0.3) is 0 Å². The fourth-order valence-electron chi connectivity index (χ4n) is 3.94. The van der Waals surface area contributed by atoms with E-state index in [-0.39, 0.29) is 0 Å². The molecule has 22 heavy (non-hydrogen) atoms. The third-order valence-corrected chi connectivity index (χ3v) is 5.49. The SMILES string of the molecule is CC(C)NCC1CCC(C(C)(C)C)CC1Cc1ccccc1. The molecule has 1 saturated carbocycles. The van der Waals surface area contributed by atoms with Gasteiger partial charge in [-0.25, -0.2) is 0 Å². The molecule has 0 spiro atoms. The van der Waals surface area contributed by atoms with Gasteiger partial charge in [0.05, 0.1) is 0 Å². The highest BCUT2D eigenvalue weighted by Gasteiger charge is 2.35. The average Bonchev–Trinajstić information content (AvgIpc) is 2.46. The van der Waals surface area contributed by atoms with Crippen molar-refractivity contribution in [3.63, 3.8) is 0 Å². The predicted molar refractivity (Wildman–Crippen MR) is 97.1 cm³/mol. The summed E-state index contributed by atoms with van der Waals surface area (Å²) in [5.41, 5.74) is 1.96. The molecule has 1 aromatic carbocycles.